The topological polar surface area (TPSA) is 307 Å². The normalized spacial score (nSPS) is 29.1. The summed E-state index contributed by atoms with van der Waals surface area (Å²) in [6, 6.07) is -0.975. The van der Waals surface area contributed by atoms with Crippen LogP contribution in [0.25, 0.3) is 0 Å². The smallest absolute Gasteiger partial charge is 0.220 e. The highest BCUT2D eigenvalue weighted by atomic mass is 16.8. The molecule has 0 bridgehead atoms. The molecule has 3 aliphatic heterocycles. The van der Waals surface area contributed by atoms with E-state index in [4.69, 9.17) is 28.4 Å². The predicted octanol–water partition coefficient (Wildman–Crippen LogP) is 8.27. The van der Waals surface area contributed by atoms with Gasteiger partial charge in [-0.05, 0) is 44.9 Å². The average Bonchev–Trinajstić information content (AvgIpc) is 3.60. The number of allylic oxidation sites excluding steroid dienone is 3. The van der Waals surface area contributed by atoms with Crippen LogP contribution >= 0.6 is 0 Å². The Hall–Kier alpha value is -1.73. The van der Waals surface area contributed by atoms with Gasteiger partial charge in [-0.1, -0.05) is 231 Å². The van der Waals surface area contributed by atoms with Crippen molar-refractivity contribution >= 4 is 5.91 Å². The fraction of sp³-hybridized carbons (Fsp3) is 0.924. The summed E-state index contributed by atoms with van der Waals surface area (Å²) in [6.45, 7) is 1.72. The lowest BCUT2D eigenvalue weighted by Crippen LogP contribution is -2.66. The Labute approximate surface area is 511 Å². The second kappa shape index (κ2) is 49.0. The van der Waals surface area contributed by atoms with E-state index in [9.17, 15) is 61.0 Å². The third-order valence-electron chi connectivity index (χ3n) is 17.2. The standard InChI is InChI=1S/C66H123NO18/c1-3-5-7-9-11-13-15-17-18-19-20-21-22-23-24-25-26-27-28-29-30-32-33-35-37-39-41-43-50(71)49(67-54(72)44-42-40-38-36-34-31-16-14-12-10-8-6-4-2)48-80-64-60(78)57(75)62(52(46-69)82-64)85-66-61(79)58(76)63(53(47-70)83-66)84-65-59(77)56(74)55(73)51(45-68)81-65/h14,16,41,43,49-53,55-66,68-71,73-79H,3-13,15,17-40,42,44-48H2,1-2H3,(H,67,72)/b16-14-,43-41+. The van der Waals surface area contributed by atoms with Gasteiger partial charge in [0, 0.05) is 6.42 Å². The number of aliphatic hydroxyl groups is 11. The highest BCUT2D eigenvalue weighted by Gasteiger charge is 2.53. The number of nitrogens with one attached hydrogen (secondary N) is 1. The molecule has 3 fully saturated rings. The number of amides is 1. The minimum absolute atomic E-state index is 0.235. The van der Waals surface area contributed by atoms with Crippen LogP contribution in [0.1, 0.15) is 258 Å². The lowest BCUT2D eigenvalue weighted by molar-refractivity contribution is -0.379. The monoisotopic (exact) mass is 1220 g/mol. The van der Waals surface area contributed by atoms with Gasteiger partial charge in [0.15, 0.2) is 18.9 Å². The Morgan fingerprint density at radius 2 is 0.741 bits per heavy atom. The molecule has 3 aliphatic rings. The van der Waals surface area contributed by atoms with Gasteiger partial charge in [-0.2, -0.15) is 0 Å². The minimum Gasteiger partial charge on any atom is -0.394 e. The summed E-state index contributed by atoms with van der Waals surface area (Å²) >= 11 is 0. The fourth-order valence-electron chi connectivity index (χ4n) is 11.7. The highest BCUT2D eigenvalue weighted by molar-refractivity contribution is 5.76. The van der Waals surface area contributed by atoms with Crippen LogP contribution in [0.3, 0.4) is 0 Å². The summed E-state index contributed by atoms with van der Waals surface area (Å²) in [5, 5.41) is 120. The Morgan fingerprint density at radius 3 is 1.15 bits per heavy atom. The summed E-state index contributed by atoms with van der Waals surface area (Å²) in [7, 11) is 0. The summed E-state index contributed by atoms with van der Waals surface area (Å²) in [4.78, 5) is 13.3. The maximum absolute atomic E-state index is 13.3. The van der Waals surface area contributed by atoms with Crippen molar-refractivity contribution in [3.05, 3.63) is 24.3 Å². The van der Waals surface area contributed by atoms with Crippen molar-refractivity contribution in [2.45, 2.75) is 362 Å². The number of aliphatic hydroxyl groups excluding tert-OH is 11. The van der Waals surface area contributed by atoms with Crippen molar-refractivity contribution in [2.75, 3.05) is 26.4 Å². The van der Waals surface area contributed by atoms with Crippen LogP contribution in [0.2, 0.25) is 0 Å². The van der Waals surface area contributed by atoms with Crippen molar-refractivity contribution in [2.24, 2.45) is 0 Å². The third kappa shape index (κ3) is 31.7. The van der Waals surface area contributed by atoms with Gasteiger partial charge in [0.25, 0.3) is 0 Å². The van der Waals surface area contributed by atoms with Crippen molar-refractivity contribution < 1.29 is 89.4 Å². The van der Waals surface area contributed by atoms with Crippen molar-refractivity contribution in [1.29, 1.82) is 0 Å². The molecule has 0 spiro atoms. The van der Waals surface area contributed by atoms with E-state index < -0.39 is 124 Å². The molecule has 0 aromatic rings. The fourth-order valence-corrected chi connectivity index (χ4v) is 11.7. The largest absolute Gasteiger partial charge is 0.394 e. The van der Waals surface area contributed by atoms with E-state index in [0.717, 1.165) is 64.2 Å². The van der Waals surface area contributed by atoms with Gasteiger partial charge in [-0.25, -0.2) is 0 Å². The van der Waals surface area contributed by atoms with Crippen LogP contribution in [0, 0.1) is 0 Å². The van der Waals surface area contributed by atoms with Crippen LogP contribution in [-0.2, 0) is 33.2 Å². The van der Waals surface area contributed by atoms with Gasteiger partial charge in [0.05, 0.1) is 38.6 Å². The zero-order chi connectivity index (χ0) is 61.9. The lowest BCUT2D eigenvalue weighted by atomic mass is 9.96. The molecule has 0 aliphatic carbocycles. The first-order chi connectivity index (χ1) is 41.3. The predicted molar refractivity (Wildman–Crippen MR) is 328 cm³/mol. The van der Waals surface area contributed by atoms with Gasteiger partial charge in [-0.3, -0.25) is 4.79 Å². The molecule has 12 N–H and O–H groups in total. The number of carbonyl (C=O) groups is 1. The number of rotatable bonds is 52. The quantitative estimate of drug-likeness (QED) is 0.0201. The van der Waals surface area contributed by atoms with Gasteiger partial charge in [0.1, 0.15) is 73.2 Å². The van der Waals surface area contributed by atoms with E-state index in [-0.39, 0.29) is 18.9 Å². The third-order valence-corrected chi connectivity index (χ3v) is 17.2. The maximum atomic E-state index is 13.3. The Balaban J connectivity index is 1.42. The minimum atomic E-state index is -1.98. The van der Waals surface area contributed by atoms with Crippen LogP contribution in [0.15, 0.2) is 24.3 Å². The van der Waals surface area contributed by atoms with E-state index in [1.54, 1.807) is 6.08 Å². The van der Waals surface area contributed by atoms with Gasteiger partial charge < -0.3 is 89.9 Å². The molecule has 0 aromatic heterocycles. The number of hydrogen-bond donors (Lipinski definition) is 12. The number of carbonyl (C=O) groups excluding carboxylic acids is 1. The van der Waals surface area contributed by atoms with Crippen molar-refractivity contribution in [3.63, 3.8) is 0 Å². The molecule has 0 aromatic carbocycles. The van der Waals surface area contributed by atoms with Crippen LogP contribution < -0.4 is 5.32 Å². The first-order valence-corrected chi connectivity index (χ1v) is 34.1. The molecular formula is C66H123NO18. The SMILES string of the molecule is CCCCCC/C=C\CCCCCCCC(=O)NC(COC1OC(CO)C(OC2OC(CO)C(OC3OC(CO)C(O)C(O)C3O)C(O)C2O)C(O)C1O)C(O)/C=C/CCCCCCCCCCCCCCCCCCCCCCCCCCC. The summed E-state index contributed by atoms with van der Waals surface area (Å²) in [5.41, 5.74) is 0. The van der Waals surface area contributed by atoms with Crippen molar-refractivity contribution in [1.82, 2.24) is 5.32 Å². The van der Waals surface area contributed by atoms with E-state index >= 15 is 0 Å². The first-order valence-electron chi connectivity index (χ1n) is 34.1. The van der Waals surface area contributed by atoms with Crippen LogP contribution in [0.5, 0.6) is 0 Å². The molecule has 0 radical (unpaired) electrons. The second-order valence-electron chi connectivity index (χ2n) is 24.6. The molecule has 17 atom stereocenters. The number of hydrogen-bond acceptors (Lipinski definition) is 18. The van der Waals surface area contributed by atoms with E-state index in [0.29, 0.717) is 6.42 Å². The Kier molecular flexibility index (Phi) is 44.7. The van der Waals surface area contributed by atoms with Crippen molar-refractivity contribution in [3.8, 4) is 0 Å². The number of ether oxygens (including phenoxy) is 6. The van der Waals surface area contributed by atoms with E-state index in [1.165, 1.54) is 167 Å². The summed E-state index contributed by atoms with van der Waals surface area (Å²) in [6.07, 6.45) is 27.4. The highest BCUT2D eigenvalue weighted by Crippen LogP contribution is 2.33. The zero-order valence-electron chi connectivity index (χ0n) is 52.6. The van der Waals surface area contributed by atoms with Gasteiger partial charge >= 0.3 is 0 Å². The molecule has 0 saturated carbocycles. The van der Waals surface area contributed by atoms with Crippen LogP contribution in [0.4, 0.5) is 0 Å². The van der Waals surface area contributed by atoms with E-state index in [2.05, 4.69) is 31.3 Å². The van der Waals surface area contributed by atoms with Gasteiger partial charge in [-0.15, -0.1) is 0 Å². The molecule has 3 saturated heterocycles. The van der Waals surface area contributed by atoms with Gasteiger partial charge in [0.2, 0.25) is 5.91 Å². The average molecular weight is 1220 g/mol. The molecule has 19 nitrogen and oxygen atoms in total. The number of unbranched alkanes of at least 4 members (excludes halogenated alkanes) is 34. The molecular weight excluding hydrogens is 1090 g/mol. The van der Waals surface area contributed by atoms with Crippen LogP contribution in [-0.4, -0.2) is 193 Å². The Bertz CT molecular complexity index is 1640. The molecule has 1 amide bonds. The molecule has 3 rings (SSSR count). The first kappa shape index (κ1) is 77.5. The summed E-state index contributed by atoms with van der Waals surface area (Å²) < 4.78 is 34.3. The molecule has 85 heavy (non-hydrogen) atoms. The Morgan fingerprint density at radius 1 is 0.412 bits per heavy atom. The maximum Gasteiger partial charge on any atom is 0.220 e. The lowest BCUT2D eigenvalue weighted by Gasteiger charge is -2.48. The molecule has 3 heterocycles. The molecule has 19 heteroatoms. The second-order valence-corrected chi connectivity index (χ2v) is 24.6. The summed E-state index contributed by atoms with van der Waals surface area (Å²) in [5.74, 6) is -0.283. The van der Waals surface area contributed by atoms with E-state index in [1.807, 2.05) is 6.08 Å². The molecule has 500 valence electrons. The molecule has 17 unspecified atom stereocenters. The zero-order valence-corrected chi connectivity index (χ0v) is 52.6.